The molecular weight excluding hydrogens is 293 g/mol. The first kappa shape index (κ1) is 16.6. The van der Waals surface area contributed by atoms with E-state index >= 15 is 0 Å². The summed E-state index contributed by atoms with van der Waals surface area (Å²) in [6.45, 7) is 2.99. The van der Waals surface area contributed by atoms with Gasteiger partial charge in [-0.25, -0.2) is 4.79 Å². The molecule has 0 bridgehead atoms. The molecule has 0 radical (unpaired) electrons. The van der Waals surface area contributed by atoms with Gasteiger partial charge in [-0.1, -0.05) is 6.07 Å². The summed E-state index contributed by atoms with van der Waals surface area (Å²) in [5.41, 5.74) is -4.19. The number of hydrogen-bond acceptors (Lipinski definition) is 4. The number of esters is 1. The van der Waals surface area contributed by atoms with Gasteiger partial charge in [-0.05, 0) is 43.3 Å². The average molecular weight is 306 g/mol. The predicted molar refractivity (Wildman–Crippen MR) is 68.7 cm³/mol. The van der Waals surface area contributed by atoms with Gasteiger partial charge in [0.15, 0.2) is 0 Å². The van der Waals surface area contributed by atoms with Crippen molar-refractivity contribution in [2.45, 2.75) is 30.7 Å². The fraction of sp³-hybridized carbons (Fsp3) is 0.385. The fourth-order valence-corrected chi connectivity index (χ4v) is 2.19. The zero-order chi connectivity index (χ0) is 15.3. The molecule has 20 heavy (non-hydrogen) atoms. The number of rotatable bonds is 5. The molecule has 0 aromatic heterocycles. The Balaban J connectivity index is 3.15. The topological polar surface area (TPSA) is 43.4 Å². The Morgan fingerprint density at radius 3 is 2.45 bits per heavy atom. The van der Waals surface area contributed by atoms with Gasteiger partial charge in [-0.15, -0.1) is 0 Å². The SMILES string of the molecule is CCOC(=O)c1cc(CC(C)=O)ccc1SC(F)(F)F. The van der Waals surface area contributed by atoms with Crippen molar-refractivity contribution in [3.05, 3.63) is 29.3 Å². The number of halogens is 3. The lowest BCUT2D eigenvalue weighted by Crippen LogP contribution is -2.10. The van der Waals surface area contributed by atoms with Crippen LogP contribution >= 0.6 is 11.8 Å². The summed E-state index contributed by atoms with van der Waals surface area (Å²) in [6, 6.07) is 3.86. The van der Waals surface area contributed by atoms with Crippen LogP contribution in [0, 0.1) is 0 Å². The lowest BCUT2D eigenvalue weighted by molar-refractivity contribution is -0.116. The number of benzene rings is 1. The molecule has 0 saturated carbocycles. The van der Waals surface area contributed by atoms with Crippen LogP contribution in [0.25, 0.3) is 0 Å². The average Bonchev–Trinajstić information content (AvgIpc) is 2.28. The monoisotopic (exact) mass is 306 g/mol. The third-order valence-corrected chi connectivity index (χ3v) is 3.03. The minimum atomic E-state index is -4.50. The minimum Gasteiger partial charge on any atom is -0.462 e. The quantitative estimate of drug-likeness (QED) is 0.616. The van der Waals surface area contributed by atoms with Gasteiger partial charge in [0.25, 0.3) is 0 Å². The lowest BCUT2D eigenvalue weighted by Gasteiger charge is -2.12. The van der Waals surface area contributed by atoms with Gasteiger partial charge in [0, 0.05) is 11.3 Å². The predicted octanol–water partition coefficient (Wildman–Crippen LogP) is 3.61. The molecule has 0 aliphatic carbocycles. The summed E-state index contributed by atoms with van der Waals surface area (Å²) >= 11 is -0.377. The zero-order valence-electron chi connectivity index (χ0n) is 10.9. The van der Waals surface area contributed by atoms with Gasteiger partial charge in [0.1, 0.15) is 5.78 Å². The number of alkyl halides is 3. The molecule has 0 aliphatic rings. The van der Waals surface area contributed by atoms with E-state index < -0.39 is 11.5 Å². The van der Waals surface area contributed by atoms with Gasteiger partial charge in [0.05, 0.1) is 12.2 Å². The van der Waals surface area contributed by atoms with Crippen LogP contribution in [0.1, 0.15) is 29.8 Å². The number of ketones is 1. The highest BCUT2D eigenvalue weighted by atomic mass is 32.2. The number of hydrogen-bond donors (Lipinski definition) is 0. The van der Waals surface area contributed by atoms with Crippen LogP contribution < -0.4 is 0 Å². The second kappa shape index (κ2) is 6.78. The van der Waals surface area contributed by atoms with E-state index in [-0.39, 0.29) is 41.0 Å². The third-order valence-electron chi connectivity index (χ3n) is 2.22. The summed E-state index contributed by atoms with van der Waals surface area (Å²) < 4.78 is 42.1. The maximum absolute atomic E-state index is 12.4. The molecule has 0 spiro atoms. The third kappa shape index (κ3) is 5.24. The maximum atomic E-state index is 12.4. The number of ether oxygens (including phenoxy) is 1. The molecule has 7 heteroatoms. The number of Topliss-reactive ketones (excluding diaryl/α,β-unsaturated/α-hetero) is 1. The van der Waals surface area contributed by atoms with Crippen LogP contribution in [0.5, 0.6) is 0 Å². The lowest BCUT2D eigenvalue weighted by atomic mass is 10.1. The molecule has 0 N–H and O–H groups in total. The Labute approximate surface area is 118 Å². The molecule has 0 aliphatic heterocycles. The molecule has 0 fully saturated rings. The molecule has 1 aromatic carbocycles. The molecule has 0 amide bonds. The first-order valence-corrected chi connectivity index (χ1v) is 6.59. The van der Waals surface area contributed by atoms with Crippen LogP contribution in [0.3, 0.4) is 0 Å². The van der Waals surface area contributed by atoms with Crippen LogP contribution in [-0.4, -0.2) is 23.9 Å². The van der Waals surface area contributed by atoms with Crippen molar-refractivity contribution in [3.63, 3.8) is 0 Å². The summed E-state index contributed by atoms with van der Waals surface area (Å²) in [7, 11) is 0. The standard InChI is InChI=1S/C13H13F3O3S/c1-3-19-12(18)10-7-9(6-8(2)17)4-5-11(10)20-13(14,15)16/h4-5,7H,3,6H2,1-2H3. The fourth-order valence-electron chi connectivity index (χ4n) is 1.56. The first-order chi connectivity index (χ1) is 9.23. The molecule has 1 rings (SSSR count). The molecule has 0 heterocycles. The van der Waals surface area contributed by atoms with Crippen LogP contribution in [-0.2, 0) is 16.0 Å². The van der Waals surface area contributed by atoms with Crippen molar-refractivity contribution in [2.24, 2.45) is 0 Å². The van der Waals surface area contributed by atoms with E-state index in [1.54, 1.807) is 6.92 Å². The van der Waals surface area contributed by atoms with E-state index in [0.717, 1.165) is 0 Å². The van der Waals surface area contributed by atoms with Crippen molar-refractivity contribution in [2.75, 3.05) is 6.61 Å². The van der Waals surface area contributed by atoms with Crippen LogP contribution in [0.15, 0.2) is 23.1 Å². The van der Waals surface area contributed by atoms with Crippen LogP contribution in [0.2, 0.25) is 0 Å². The molecule has 1 aromatic rings. The second-order valence-electron chi connectivity index (χ2n) is 3.98. The highest BCUT2D eigenvalue weighted by Crippen LogP contribution is 2.39. The second-order valence-corrected chi connectivity index (χ2v) is 5.08. The molecule has 110 valence electrons. The minimum absolute atomic E-state index is 0.0589. The Bertz CT molecular complexity index is 512. The zero-order valence-corrected chi connectivity index (χ0v) is 11.7. The molecule has 0 saturated heterocycles. The Kier molecular flexibility index (Phi) is 5.62. The highest BCUT2D eigenvalue weighted by molar-refractivity contribution is 8.00. The Hall–Kier alpha value is -1.50. The number of thioether (sulfide) groups is 1. The van der Waals surface area contributed by atoms with E-state index in [9.17, 15) is 22.8 Å². The normalized spacial score (nSPS) is 11.2. The van der Waals surface area contributed by atoms with Gasteiger partial charge in [-0.2, -0.15) is 13.2 Å². The summed E-state index contributed by atoms with van der Waals surface area (Å²) in [4.78, 5) is 22.5. The number of carbonyl (C=O) groups is 2. The van der Waals surface area contributed by atoms with E-state index in [2.05, 4.69) is 0 Å². The first-order valence-electron chi connectivity index (χ1n) is 5.78. The van der Waals surface area contributed by atoms with Crippen molar-refractivity contribution in [1.29, 1.82) is 0 Å². The van der Waals surface area contributed by atoms with E-state index in [1.165, 1.54) is 25.1 Å². The van der Waals surface area contributed by atoms with Gasteiger partial charge in [-0.3, -0.25) is 4.79 Å². The highest BCUT2D eigenvalue weighted by Gasteiger charge is 2.31. The van der Waals surface area contributed by atoms with E-state index in [1.807, 2.05) is 0 Å². The largest absolute Gasteiger partial charge is 0.462 e. The summed E-state index contributed by atoms with van der Waals surface area (Å²) in [5, 5.41) is 0. The smallest absolute Gasteiger partial charge is 0.446 e. The maximum Gasteiger partial charge on any atom is 0.446 e. The molecule has 3 nitrogen and oxygen atoms in total. The van der Waals surface area contributed by atoms with Crippen molar-refractivity contribution >= 4 is 23.5 Å². The van der Waals surface area contributed by atoms with Crippen molar-refractivity contribution < 1.29 is 27.5 Å². The Morgan fingerprint density at radius 2 is 1.95 bits per heavy atom. The molecule has 0 unspecified atom stereocenters. The van der Waals surface area contributed by atoms with Crippen molar-refractivity contribution in [3.8, 4) is 0 Å². The molecular formula is C13H13F3O3S. The van der Waals surface area contributed by atoms with Crippen molar-refractivity contribution in [1.82, 2.24) is 0 Å². The van der Waals surface area contributed by atoms with Gasteiger partial charge >= 0.3 is 11.5 Å². The summed E-state index contributed by atoms with van der Waals surface area (Å²) in [5.74, 6) is -0.972. The number of carbonyl (C=O) groups excluding carboxylic acids is 2. The Morgan fingerprint density at radius 1 is 1.30 bits per heavy atom. The van der Waals surface area contributed by atoms with Gasteiger partial charge in [0.2, 0.25) is 0 Å². The van der Waals surface area contributed by atoms with E-state index in [0.29, 0.717) is 5.56 Å². The molecule has 0 atom stereocenters. The van der Waals surface area contributed by atoms with Gasteiger partial charge < -0.3 is 4.74 Å². The van der Waals surface area contributed by atoms with E-state index in [4.69, 9.17) is 4.74 Å². The van der Waals surface area contributed by atoms with Crippen LogP contribution in [0.4, 0.5) is 13.2 Å². The summed E-state index contributed by atoms with van der Waals surface area (Å²) in [6.07, 6.45) is 0.0589.